The highest BCUT2D eigenvalue weighted by Crippen LogP contribution is 2.28. The van der Waals surface area contributed by atoms with Crippen molar-refractivity contribution in [2.24, 2.45) is 0 Å². The topological polar surface area (TPSA) is 75.7 Å². The predicted molar refractivity (Wildman–Crippen MR) is 125 cm³/mol. The molecule has 0 fully saturated rings. The maximum atomic E-state index is 13.6. The molecule has 1 N–H and O–H groups in total. The monoisotopic (exact) mass is 470 g/mol. The van der Waals surface area contributed by atoms with E-state index in [-0.39, 0.29) is 29.6 Å². The van der Waals surface area contributed by atoms with E-state index in [4.69, 9.17) is 4.74 Å². The minimum atomic E-state index is -4.07. The molecule has 33 heavy (non-hydrogen) atoms. The highest BCUT2D eigenvalue weighted by molar-refractivity contribution is 7.89. The molecule has 3 aromatic carbocycles. The molecule has 3 aromatic rings. The molecular weight excluding hydrogens is 443 g/mol. The van der Waals surface area contributed by atoms with Gasteiger partial charge in [-0.15, -0.1) is 0 Å². The molecule has 0 saturated carbocycles. The molecule has 1 atom stereocenters. The van der Waals surface area contributed by atoms with Crippen LogP contribution >= 0.6 is 0 Å². The highest BCUT2D eigenvalue weighted by atomic mass is 32.2. The van der Waals surface area contributed by atoms with Crippen LogP contribution in [0.15, 0.2) is 77.7 Å². The Morgan fingerprint density at radius 2 is 1.73 bits per heavy atom. The van der Waals surface area contributed by atoms with Crippen LogP contribution in [0.5, 0.6) is 5.75 Å². The number of sulfonamides is 1. The van der Waals surface area contributed by atoms with Gasteiger partial charge in [0, 0.05) is 6.54 Å². The number of hydrogen-bond acceptors (Lipinski definition) is 4. The van der Waals surface area contributed by atoms with Crippen LogP contribution in [0.25, 0.3) is 0 Å². The molecule has 0 radical (unpaired) electrons. The van der Waals surface area contributed by atoms with E-state index < -0.39 is 22.0 Å². The highest BCUT2D eigenvalue weighted by Gasteiger charge is 2.30. The standard InChI is InChI=1S/C25H27FN2O4S/c1-18-9-14-23(32-3)24(15-18)33(30,31)28(16-20-7-5-4-6-8-20)17-25(29)27-19(2)21-10-12-22(26)13-11-21/h4-15,19H,16-17H2,1-3H3,(H,27,29)/t19-/m0/s1. The molecule has 0 aliphatic heterocycles. The molecule has 8 heteroatoms. The number of rotatable bonds is 9. The van der Waals surface area contributed by atoms with Crippen molar-refractivity contribution >= 4 is 15.9 Å². The number of hydrogen-bond donors (Lipinski definition) is 1. The van der Waals surface area contributed by atoms with Gasteiger partial charge < -0.3 is 10.1 Å². The number of amides is 1. The number of ether oxygens (including phenoxy) is 1. The van der Waals surface area contributed by atoms with Gasteiger partial charge in [-0.25, -0.2) is 12.8 Å². The number of aryl methyl sites for hydroxylation is 1. The van der Waals surface area contributed by atoms with Gasteiger partial charge in [-0.1, -0.05) is 48.5 Å². The van der Waals surface area contributed by atoms with Crippen molar-refractivity contribution in [2.75, 3.05) is 13.7 Å². The first-order chi connectivity index (χ1) is 15.7. The van der Waals surface area contributed by atoms with Crippen LogP contribution in [0.4, 0.5) is 4.39 Å². The van der Waals surface area contributed by atoms with Gasteiger partial charge in [0.15, 0.2) is 0 Å². The van der Waals surface area contributed by atoms with E-state index in [1.165, 1.54) is 25.3 Å². The number of benzene rings is 3. The molecule has 0 spiro atoms. The fraction of sp³-hybridized carbons (Fsp3) is 0.240. The Morgan fingerprint density at radius 1 is 1.06 bits per heavy atom. The Balaban J connectivity index is 1.89. The zero-order chi connectivity index (χ0) is 24.0. The van der Waals surface area contributed by atoms with Crippen molar-refractivity contribution in [1.29, 1.82) is 0 Å². The third-order valence-corrected chi connectivity index (χ3v) is 7.02. The summed E-state index contributed by atoms with van der Waals surface area (Å²) in [6.45, 7) is 3.17. The average molecular weight is 471 g/mol. The Labute approximate surface area is 194 Å². The Morgan fingerprint density at radius 3 is 2.36 bits per heavy atom. The molecular formula is C25H27FN2O4S. The second-order valence-electron chi connectivity index (χ2n) is 7.75. The van der Waals surface area contributed by atoms with Crippen molar-refractivity contribution in [3.63, 3.8) is 0 Å². The number of carbonyl (C=O) groups excluding carboxylic acids is 1. The molecule has 0 aliphatic carbocycles. The lowest BCUT2D eigenvalue weighted by Crippen LogP contribution is -2.41. The van der Waals surface area contributed by atoms with Crippen molar-refractivity contribution in [3.8, 4) is 5.75 Å². The fourth-order valence-electron chi connectivity index (χ4n) is 3.42. The minimum absolute atomic E-state index is 0.000291. The third kappa shape index (κ3) is 6.18. The quantitative estimate of drug-likeness (QED) is 0.508. The Hall–Kier alpha value is -3.23. The number of methoxy groups -OCH3 is 1. The fourth-order valence-corrected chi connectivity index (χ4v) is 5.04. The Bertz CT molecular complexity index is 1200. The van der Waals surface area contributed by atoms with Gasteiger partial charge in [0.2, 0.25) is 15.9 Å². The third-order valence-electron chi connectivity index (χ3n) is 5.21. The summed E-state index contributed by atoms with van der Waals surface area (Å²) in [4.78, 5) is 12.9. The first-order valence-corrected chi connectivity index (χ1v) is 11.9. The normalized spacial score (nSPS) is 12.4. The van der Waals surface area contributed by atoms with E-state index in [0.29, 0.717) is 5.56 Å². The largest absolute Gasteiger partial charge is 0.495 e. The van der Waals surface area contributed by atoms with Crippen molar-refractivity contribution < 1.29 is 22.3 Å². The average Bonchev–Trinajstić information content (AvgIpc) is 2.79. The van der Waals surface area contributed by atoms with E-state index in [1.807, 2.05) is 18.2 Å². The Kier molecular flexibility index (Phi) is 7.84. The number of carbonyl (C=O) groups is 1. The first kappa shape index (κ1) is 24.4. The van der Waals surface area contributed by atoms with Crippen LogP contribution in [-0.2, 0) is 21.4 Å². The van der Waals surface area contributed by atoms with E-state index in [1.54, 1.807) is 50.2 Å². The van der Waals surface area contributed by atoms with Gasteiger partial charge >= 0.3 is 0 Å². The molecule has 6 nitrogen and oxygen atoms in total. The number of nitrogens with one attached hydrogen (secondary N) is 1. The first-order valence-electron chi connectivity index (χ1n) is 10.4. The molecule has 0 unspecified atom stereocenters. The number of nitrogens with zero attached hydrogens (tertiary/aromatic N) is 1. The van der Waals surface area contributed by atoms with Gasteiger partial charge in [-0.2, -0.15) is 4.31 Å². The summed E-state index contributed by atoms with van der Waals surface area (Å²) >= 11 is 0. The molecule has 3 rings (SSSR count). The van der Waals surface area contributed by atoms with Crippen molar-refractivity contribution in [1.82, 2.24) is 9.62 Å². The van der Waals surface area contributed by atoms with E-state index in [0.717, 1.165) is 15.4 Å². The van der Waals surface area contributed by atoms with Crippen molar-refractivity contribution in [3.05, 3.63) is 95.3 Å². The SMILES string of the molecule is COc1ccc(C)cc1S(=O)(=O)N(CC(=O)N[C@@H](C)c1ccc(F)cc1)Cc1ccccc1. The predicted octanol–water partition coefficient (Wildman–Crippen LogP) is 4.21. The van der Waals surface area contributed by atoms with Crippen LogP contribution in [0, 0.1) is 12.7 Å². The number of halogens is 1. The molecule has 0 heterocycles. The zero-order valence-electron chi connectivity index (χ0n) is 18.8. The summed E-state index contributed by atoms with van der Waals surface area (Å²) in [6.07, 6.45) is 0. The lowest BCUT2D eigenvalue weighted by Gasteiger charge is -2.24. The summed E-state index contributed by atoms with van der Waals surface area (Å²) in [6, 6.07) is 19.3. The van der Waals surface area contributed by atoms with Crippen LogP contribution in [0.2, 0.25) is 0 Å². The van der Waals surface area contributed by atoms with Gasteiger partial charge in [0.25, 0.3) is 0 Å². The van der Waals surface area contributed by atoms with Crippen LogP contribution in [0.1, 0.15) is 29.7 Å². The lowest BCUT2D eigenvalue weighted by atomic mass is 10.1. The van der Waals surface area contributed by atoms with Crippen molar-refractivity contribution in [2.45, 2.75) is 31.3 Å². The summed E-state index contributed by atoms with van der Waals surface area (Å²) < 4.78 is 46.9. The minimum Gasteiger partial charge on any atom is -0.495 e. The summed E-state index contributed by atoms with van der Waals surface area (Å²) in [5, 5.41) is 2.80. The molecule has 0 saturated heterocycles. The lowest BCUT2D eigenvalue weighted by molar-refractivity contribution is -0.122. The van der Waals surface area contributed by atoms with Crippen LogP contribution in [0.3, 0.4) is 0 Å². The van der Waals surface area contributed by atoms with Gasteiger partial charge in [0.05, 0.1) is 19.7 Å². The van der Waals surface area contributed by atoms with E-state index in [9.17, 15) is 17.6 Å². The molecule has 0 aromatic heterocycles. The zero-order valence-corrected chi connectivity index (χ0v) is 19.6. The second kappa shape index (κ2) is 10.6. The smallest absolute Gasteiger partial charge is 0.247 e. The van der Waals surface area contributed by atoms with E-state index >= 15 is 0 Å². The van der Waals surface area contributed by atoms with Gasteiger partial charge in [-0.3, -0.25) is 4.79 Å². The van der Waals surface area contributed by atoms with Gasteiger partial charge in [-0.05, 0) is 54.8 Å². The molecule has 0 bridgehead atoms. The van der Waals surface area contributed by atoms with Crippen LogP contribution < -0.4 is 10.1 Å². The summed E-state index contributed by atoms with van der Waals surface area (Å²) in [7, 11) is -2.66. The van der Waals surface area contributed by atoms with E-state index in [2.05, 4.69) is 5.32 Å². The summed E-state index contributed by atoms with van der Waals surface area (Å²) in [5.41, 5.74) is 2.21. The maximum Gasteiger partial charge on any atom is 0.247 e. The molecule has 1 amide bonds. The molecule has 174 valence electrons. The second-order valence-corrected chi connectivity index (χ2v) is 9.66. The maximum absolute atomic E-state index is 13.6. The van der Waals surface area contributed by atoms with Gasteiger partial charge in [0.1, 0.15) is 16.5 Å². The summed E-state index contributed by atoms with van der Waals surface area (Å²) in [5.74, 6) is -0.638. The molecule has 0 aliphatic rings. The van der Waals surface area contributed by atoms with Crippen LogP contribution in [-0.4, -0.2) is 32.3 Å².